The summed E-state index contributed by atoms with van der Waals surface area (Å²) in [4.78, 5) is 17.0. The molecule has 0 spiro atoms. The normalized spacial score (nSPS) is 15.0. The fraction of sp³-hybridized carbons (Fsp3) is 0.409. The first kappa shape index (κ1) is 18.5. The van der Waals surface area contributed by atoms with E-state index in [1.54, 1.807) is 0 Å². The highest BCUT2D eigenvalue weighted by atomic mass is 16.5. The SMILES string of the molecule is Cc1ccccc1CC(=O)N1CCN(CCCOc2ccccc2)CC1. The second kappa shape index (κ2) is 9.39. The summed E-state index contributed by atoms with van der Waals surface area (Å²) in [7, 11) is 0. The van der Waals surface area contributed by atoms with Crippen LogP contribution in [-0.4, -0.2) is 55.0 Å². The number of para-hydroxylation sites is 1. The van der Waals surface area contributed by atoms with Crippen molar-refractivity contribution in [1.29, 1.82) is 0 Å². The van der Waals surface area contributed by atoms with E-state index in [-0.39, 0.29) is 5.91 Å². The number of aryl methyl sites for hydroxylation is 1. The van der Waals surface area contributed by atoms with Crippen LogP contribution in [0.3, 0.4) is 0 Å². The second-order valence-corrected chi connectivity index (χ2v) is 6.84. The average Bonchev–Trinajstić information content (AvgIpc) is 2.68. The van der Waals surface area contributed by atoms with Gasteiger partial charge in [-0.15, -0.1) is 0 Å². The Hall–Kier alpha value is -2.33. The third-order valence-corrected chi connectivity index (χ3v) is 4.96. The minimum atomic E-state index is 0.242. The number of hydrogen-bond acceptors (Lipinski definition) is 3. The molecule has 1 aliphatic rings. The van der Waals surface area contributed by atoms with E-state index in [1.807, 2.05) is 47.4 Å². The van der Waals surface area contributed by atoms with Gasteiger partial charge < -0.3 is 9.64 Å². The van der Waals surface area contributed by atoms with Gasteiger partial charge in [-0.1, -0.05) is 42.5 Å². The van der Waals surface area contributed by atoms with Gasteiger partial charge in [-0.25, -0.2) is 0 Å². The summed E-state index contributed by atoms with van der Waals surface area (Å²) in [5.74, 6) is 1.17. The third kappa shape index (κ3) is 5.33. The summed E-state index contributed by atoms with van der Waals surface area (Å²) >= 11 is 0. The molecule has 0 atom stereocenters. The first-order valence-electron chi connectivity index (χ1n) is 9.45. The van der Waals surface area contributed by atoms with Crippen LogP contribution in [0.4, 0.5) is 0 Å². The van der Waals surface area contributed by atoms with Crippen LogP contribution in [0.2, 0.25) is 0 Å². The van der Waals surface area contributed by atoms with E-state index in [9.17, 15) is 4.79 Å². The van der Waals surface area contributed by atoms with Crippen LogP contribution in [-0.2, 0) is 11.2 Å². The zero-order chi connectivity index (χ0) is 18.2. The van der Waals surface area contributed by atoms with Gasteiger partial charge in [-0.05, 0) is 36.6 Å². The zero-order valence-corrected chi connectivity index (χ0v) is 15.6. The van der Waals surface area contributed by atoms with Crippen LogP contribution in [0.15, 0.2) is 54.6 Å². The molecule has 3 rings (SSSR count). The lowest BCUT2D eigenvalue weighted by atomic mass is 10.1. The van der Waals surface area contributed by atoms with Crippen molar-refractivity contribution in [3.05, 3.63) is 65.7 Å². The molecule has 0 aliphatic carbocycles. The Morgan fingerprint density at radius 1 is 0.962 bits per heavy atom. The van der Waals surface area contributed by atoms with Gasteiger partial charge in [0.2, 0.25) is 5.91 Å². The number of hydrogen-bond donors (Lipinski definition) is 0. The lowest BCUT2D eigenvalue weighted by Crippen LogP contribution is -2.49. The van der Waals surface area contributed by atoms with E-state index in [2.05, 4.69) is 24.0 Å². The Labute approximate surface area is 156 Å². The van der Waals surface area contributed by atoms with Gasteiger partial charge >= 0.3 is 0 Å². The molecule has 2 aromatic carbocycles. The van der Waals surface area contributed by atoms with E-state index in [1.165, 1.54) is 5.56 Å². The zero-order valence-electron chi connectivity index (χ0n) is 15.6. The summed E-state index contributed by atoms with van der Waals surface area (Å²) in [5.41, 5.74) is 2.33. The molecule has 0 N–H and O–H groups in total. The van der Waals surface area contributed by atoms with Gasteiger partial charge in [-0.3, -0.25) is 9.69 Å². The Kier molecular flexibility index (Phi) is 6.67. The minimum Gasteiger partial charge on any atom is -0.494 e. The van der Waals surface area contributed by atoms with Crippen LogP contribution < -0.4 is 4.74 Å². The van der Waals surface area contributed by atoms with E-state index < -0.39 is 0 Å². The largest absolute Gasteiger partial charge is 0.494 e. The molecule has 1 saturated heterocycles. The molecule has 4 nitrogen and oxygen atoms in total. The van der Waals surface area contributed by atoms with Crippen molar-refractivity contribution in [3.8, 4) is 5.75 Å². The first-order valence-corrected chi connectivity index (χ1v) is 9.45. The van der Waals surface area contributed by atoms with Crippen molar-refractivity contribution in [3.63, 3.8) is 0 Å². The number of piperazine rings is 1. The topological polar surface area (TPSA) is 32.8 Å². The summed E-state index contributed by atoms with van der Waals surface area (Å²) in [5, 5.41) is 0. The number of rotatable bonds is 7. The molecule has 26 heavy (non-hydrogen) atoms. The fourth-order valence-corrected chi connectivity index (χ4v) is 3.30. The quantitative estimate of drug-likeness (QED) is 0.718. The van der Waals surface area contributed by atoms with Crippen LogP contribution in [0.25, 0.3) is 0 Å². The standard InChI is InChI=1S/C22H28N2O2/c1-19-8-5-6-9-20(19)18-22(25)24-15-13-23(14-16-24)12-7-17-26-21-10-3-2-4-11-21/h2-6,8-11H,7,12-18H2,1H3. The predicted molar refractivity (Wildman–Crippen MR) is 104 cm³/mol. The average molecular weight is 352 g/mol. The van der Waals surface area contributed by atoms with E-state index in [0.717, 1.165) is 57.1 Å². The molecule has 1 fully saturated rings. The number of carbonyl (C=O) groups is 1. The molecule has 0 saturated carbocycles. The van der Waals surface area contributed by atoms with Gasteiger partial charge in [0.05, 0.1) is 13.0 Å². The molecule has 1 aliphatic heterocycles. The summed E-state index contributed by atoms with van der Waals surface area (Å²) in [6, 6.07) is 18.1. The van der Waals surface area contributed by atoms with Gasteiger partial charge in [0.25, 0.3) is 0 Å². The summed E-state index contributed by atoms with van der Waals surface area (Å²) in [6.45, 7) is 7.37. The molecule has 2 aromatic rings. The lowest BCUT2D eigenvalue weighted by molar-refractivity contribution is -0.132. The van der Waals surface area contributed by atoms with Crippen LogP contribution in [0, 0.1) is 6.92 Å². The highest BCUT2D eigenvalue weighted by molar-refractivity contribution is 5.79. The van der Waals surface area contributed by atoms with Crippen molar-refractivity contribution in [2.45, 2.75) is 19.8 Å². The van der Waals surface area contributed by atoms with Crippen molar-refractivity contribution in [1.82, 2.24) is 9.80 Å². The number of amides is 1. The van der Waals surface area contributed by atoms with Crippen LogP contribution in [0.5, 0.6) is 5.75 Å². The molecular formula is C22H28N2O2. The summed E-state index contributed by atoms with van der Waals surface area (Å²) < 4.78 is 5.74. The molecule has 4 heteroatoms. The Balaban J connectivity index is 1.35. The molecule has 1 heterocycles. The van der Waals surface area contributed by atoms with Crippen molar-refractivity contribution >= 4 is 5.91 Å². The van der Waals surface area contributed by atoms with E-state index >= 15 is 0 Å². The highest BCUT2D eigenvalue weighted by Crippen LogP contribution is 2.12. The third-order valence-electron chi connectivity index (χ3n) is 4.96. The smallest absolute Gasteiger partial charge is 0.227 e. The second-order valence-electron chi connectivity index (χ2n) is 6.84. The van der Waals surface area contributed by atoms with Crippen LogP contribution >= 0.6 is 0 Å². The van der Waals surface area contributed by atoms with Gasteiger partial charge in [0.1, 0.15) is 5.75 Å². The maximum atomic E-state index is 12.5. The van der Waals surface area contributed by atoms with E-state index in [4.69, 9.17) is 4.74 Å². The molecule has 0 bridgehead atoms. The fourth-order valence-electron chi connectivity index (χ4n) is 3.30. The number of benzene rings is 2. The number of ether oxygens (including phenoxy) is 1. The van der Waals surface area contributed by atoms with Crippen molar-refractivity contribution in [2.75, 3.05) is 39.3 Å². The molecular weight excluding hydrogens is 324 g/mol. The van der Waals surface area contributed by atoms with Crippen molar-refractivity contribution in [2.24, 2.45) is 0 Å². The van der Waals surface area contributed by atoms with Crippen LogP contribution in [0.1, 0.15) is 17.5 Å². The molecule has 0 unspecified atom stereocenters. The highest BCUT2D eigenvalue weighted by Gasteiger charge is 2.21. The lowest BCUT2D eigenvalue weighted by Gasteiger charge is -2.34. The monoisotopic (exact) mass is 352 g/mol. The maximum absolute atomic E-state index is 12.5. The Morgan fingerprint density at radius 3 is 2.38 bits per heavy atom. The number of nitrogens with zero attached hydrogens (tertiary/aromatic N) is 2. The number of carbonyl (C=O) groups excluding carboxylic acids is 1. The van der Waals surface area contributed by atoms with Gasteiger partial charge in [0.15, 0.2) is 0 Å². The first-order chi connectivity index (χ1) is 12.7. The molecule has 138 valence electrons. The Morgan fingerprint density at radius 2 is 1.65 bits per heavy atom. The maximum Gasteiger partial charge on any atom is 0.227 e. The van der Waals surface area contributed by atoms with Crippen molar-refractivity contribution < 1.29 is 9.53 Å². The minimum absolute atomic E-state index is 0.242. The summed E-state index contributed by atoms with van der Waals surface area (Å²) in [6.07, 6.45) is 1.52. The Bertz CT molecular complexity index is 694. The molecule has 0 aromatic heterocycles. The predicted octanol–water partition coefficient (Wildman–Crippen LogP) is 3.15. The molecule has 0 radical (unpaired) electrons. The van der Waals surface area contributed by atoms with Gasteiger partial charge in [0, 0.05) is 32.7 Å². The van der Waals surface area contributed by atoms with Gasteiger partial charge in [-0.2, -0.15) is 0 Å². The van der Waals surface area contributed by atoms with E-state index in [0.29, 0.717) is 6.42 Å². The molecule has 1 amide bonds.